The molecule has 2 heterocycles. The van der Waals surface area contributed by atoms with Crippen molar-refractivity contribution in [3.63, 3.8) is 0 Å². The molecule has 306 valence electrons. The molecular weight excluding hydrogens is 865 g/mol. The Labute approximate surface area is 378 Å². The SMILES string of the molecule is Oc1ccc(O)n1C(C(=S)N(SCc1ccccc1)SCc1ccccc1)c1cccc(C(C(=S)N(SCc2ccccc2)SCc2ccccc2)n2c(O)ccc2O)c1. The molecule has 4 N–H and O–H groups in total. The van der Waals surface area contributed by atoms with Crippen LogP contribution < -0.4 is 0 Å². The largest absolute Gasteiger partial charge is 0.494 e. The lowest BCUT2D eigenvalue weighted by molar-refractivity contribution is 0.368. The first-order chi connectivity index (χ1) is 29.3. The van der Waals surface area contributed by atoms with Crippen molar-refractivity contribution in [1.29, 1.82) is 0 Å². The number of nitrogens with zero attached hydrogens (tertiary/aromatic N) is 4. The number of rotatable bonds is 18. The lowest BCUT2D eigenvalue weighted by Crippen LogP contribution is -2.30. The van der Waals surface area contributed by atoms with Crippen LogP contribution in [0.25, 0.3) is 0 Å². The van der Waals surface area contributed by atoms with Gasteiger partial charge in [-0.1, -0.05) is 170 Å². The zero-order valence-corrected chi connectivity index (χ0v) is 37.1. The quantitative estimate of drug-likeness (QED) is 0.0488. The van der Waals surface area contributed by atoms with E-state index in [2.05, 4.69) is 48.5 Å². The second kappa shape index (κ2) is 21.0. The minimum atomic E-state index is -0.862. The smallest absolute Gasteiger partial charge is 0.194 e. The molecule has 7 aromatic rings. The van der Waals surface area contributed by atoms with E-state index < -0.39 is 12.1 Å². The Bertz CT molecular complexity index is 2180. The van der Waals surface area contributed by atoms with Gasteiger partial charge in [0.15, 0.2) is 23.5 Å². The van der Waals surface area contributed by atoms with E-state index in [9.17, 15) is 20.4 Å². The first kappa shape index (κ1) is 43.1. The number of hydrogen-bond donors (Lipinski definition) is 4. The van der Waals surface area contributed by atoms with Crippen molar-refractivity contribution >= 4 is 82.2 Å². The normalized spacial score (nSPS) is 12.1. The van der Waals surface area contributed by atoms with Crippen molar-refractivity contribution in [3.05, 3.63) is 203 Å². The molecule has 2 atom stereocenters. The van der Waals surface area contributed by atoms with Gasteiger partial charge < -0.3 is 20.4 Å². The molecule has 2 aromatic heterocycles. The molecule has 0 spiro atoms. The molecule has 0 bridgehead atoms. The molecular formula is C46H42N4O4S6. The van der Waals surface area contributed by atoms with Crippen LogP contribution in [0.4, 0.5) is 0 Å². The standard InChI is InChI=1S/C46H42N4O4S6/c51-39-24-25-40(52)47(39)43(45(55)49(57-29-33-14-5-1-6-15-33)58-30-34-16-7-2-8-17-34)37-22-13-23-38(28-37)44(48-41(53)26-27-42(48)54)46(56)50(59-31-35-18-9-3-10-19-35)60-32-36-20-11-4-12-21-36/h1-28,43-44,51-54H,29-32H2. The van der Waals surface area contributed by atoms with Crippen LogP contribution in [-0.2, 0) is 23.0 Å². The van der Waals surface area contributed by atoms with Crippen LogP contribution in [0.5, 0.6) is 23.5 Å². The molecule has 0 saturated heterocycles. The monoisotopic (exact) mass is 906 g/mol. The Balaban J connectivity index is 1.28. The van der Waals surface area contributed by atoms with E-state index in [1.807, 2.05) is 104 Å². The second-order valence-corrected chi connectivity index (χ2v) is 18.5. The number of aromatic hydroxyl groups is 4. The van der Waals surface area contributed by atoms with Gasteiger partial charge in [0.1, 0.15) is 22.1 Å². The predicted octanol–water partition coefficient (Wildman–Crippen LogP) is 11.9. The number of aromatic nitrogens is 2. The van der Waals surface area contributed by atoms with Crippen molar-refractivity contribution in [3.8, 4) is 23.5 Å². The maximum absolute atomic E-state index is 11.3. The lowest BCUT2D eigenvalue weighted by Gasteiger charge is -2.32. The maximum atomic E-state index is 11.3. The van der Waals surface area contributed by atoms with Crippen molar-refractivity contribution in [2.45, 2.75) is 35.1 Å². The van der Waals surface area contributed by atoms with Gasteiger partial charge in [-0.2, -0.15) is 0 Å². The third-order valence-electron chi connectivity index (χ3n) is 9.40. The fourth-order valence-electron chi connectivity index (χ4n) is 6.44. The van der Waals surface area contributed by atoms with E-state index in [-0.39, 0.29) is 23.5 Å². The Morgan fingerprint density at radius 1 is 0.400 bits per heavy atom. The van der Waals surface area contributed by atoms with Crippen LogP contribution in [0.2, 0.25) is 0 Å². The molecule has 8 nitrogen and oxygen atoms in total. The van der Waals surface area contributed by atoms with Gasteiger partial charge in [-0.25, -0.2) is 7.42 Å². The first-order valence-electron chi connectivity index (χ1n) is 18.9. The van der Waals surface area contributed by atoms with E-state index in [1.54, 1.807) is 0 Å². The highest BCUT2D eigenvalue weighted by Gasteiger charge is 2.33. The number of benzene rings is 5. The summed E-state index contributed by atoms with van der Waals surface area (Å²) in [6, 6.07) is 52.1. The van der Waals surface area contributed by atoms with Gasteiger partial charge >= 0.3 is 0 Å². The summed E-state index contributed by atoms with van der Waals surface area (Å²) in [5.74, 6) is 1.83. The Morgan fingerprint density at radius 3 is 0.933 bits per heavy atom. The molecule has 14 heteroatoms. The van der Waals surface area contributed by atoms with Crippen LogP contribution >= 0.6 is 72.2 Å². The maximum Gasteiger partial charge on any atom is 0.194 e. The Hall–Kier alpha value is -4.96. The van der Waals surface area contributed by atoms with E-state index in [0.29, 0.717) is 44.1 Å². The van der Waals surface area contributed by atoms with E-state index >= 15 is 0 Å². The molecule has 0 amide bonds. The molecule has 0 radical (unpaired) electrons. The van der Waals surface area contributed by atoms with E-state index in [1.165, 1.54) is 81.2 Å². The van der Waals surface area contributed by atoms with Crippen molar-refractivity contribution < 1.29 is 20.4 Å². The van der Waals surface area contributed by atoms with Crippen LogP contribution in [0.15, 0.2) is 170 Å². The highest BCUT2D eigenvalue weighted by Crippen LogP contribution is 2.42. The van der Waals surface area contributed by atoms with Crippen LogP contribution in [0.1, 0.15) is 45.5 Å². The fourth-order valence-corrected chi connectivity index (χ4v) is 11.5. The van der Waals surface area contributed by atoms with E-state index in [4.69, 9.17) is 24.4 Å². The average Bonchev–Trinajstić information content (AvgIpc) is 3.79. The minimum absolute atomic E-state index is 0.167. The zero-order valence-electron chi connectivity index (χ0n) is 32.2. The molecule has 0 aliphatic heterocycles. The fraction of sp³-hybridized carbons (Fsp3) is 0.130. The van der Waals surface area contributed by atoms with E-state index in [0.717, 1.165) is 22.3 Å². The van der Waals surface area contributed by atoms with Gasteiger partial charge in [-0.15, -0.1) is 0 Å². The molecule has 5 aromatic carbocycles. The molecule has 7 rings (SSSR count). The van der Waals surface area contributed by atoms with Gasteiger partial charge in [0, 0.05) is 47.3 Å². The second-order valence-electron chi connectivity index (χ2n) is 13.5. The minimum Gasteiger partial charge on any atom is -0.494 e. The summed E-state index contributed by atoms with van der Waals surface area (Å²) in [7, 11) is 0. The topological polar surface area (TPSA) is 97.3 Å². The zero-order chi connectivity index (χ0) is 41.8. The summed E-state index contributed by atoms with van der Waals surface area (Å²) in [5, 5.41) is 45.1. The number of thiocarbonyl (C=S) groups is 2. The molecule has 0 aliphatic carbocycles. The van der Waals surface area contributed by atoms with Crippen LogP contribution in [-0.4, -0.2) is 47.0 Å². The molecule has 0 aliphatic rings. The summed E-state index contributed by atoms with van der Waals surface area (Å²) in [6.45, 7) is 0. The molecule has 60 heavy (non-hydrogen) atoms. The highest BCUT2D eigenvalue weighted by atomic mass is 32.2. The number of hydrogen-bond acceptors (Lipinski definition) is 10. The summed E-state index contributed by atoms with van der Waals surface area (Å²) in [6.07, 6.45) is 0. The molecule has 2 unspecified atom stereocenters. The van der Waals surface area contributed by atoms with Gasteiger partial charge in [-0.05, 0) is 81.2 Å². The average molecular weight is 907 g/mol. The lowest BCUT2D eigenvalue weighted by atomic mass is 9.99. The first-order valence-corrected chi connectivity index (χ1v) is 23.5. The van der Waals surface area contributed by atoms with Crippen LogP contribution in [0, 0.1) is 0 Å². The Kier molecular flexibility index (Phi) is 15.1. The Morgan fingerprint density at radius 2 is 0.667 bits per heavy atom. The van der Waals surface area contributed by atoms with Gasteiger partial charge in [-0.3, -0.25) is 9.13 Å². The molecule has 0 saturated carbocycles. The molecule has 0 fully saturated rings. The van der Waals surface area contributed by atoms with Gasteiger partial charge in [0.25, 0.3) is 0 Å². The van der Waals surface area contributed by atoms with Crippen molar-refractivity contribution in [1.82, 2.24) is 16.6 Å². The summed E-state index contributed by atoms with van der Waals surface area (Å²) >= 11 is 18.9. The highest BCUT2D eigenvalue weighted by molar-refractivity contribution is 8.13. The predicted molar refractivity (Wildman–Crippen MR) is 258 cm³/mol. The third kappa shape index (κ3) is 10.9. The van der Waals surface area contributed by atoms with Crippen LogP contribution in [0.3, 0.4) is 0 Å². The third-order valence-corrected chi connectivity index (χ3v) is 15.5. The van der Waals surface area contributed by atoms with Crippen molar-refractivity contribution in [2.75, 3.05) is 0 Å². The summed E-state index contributed by atoms with van der Waals surface area (Å²) in [4.78, 5) is 0.861. The van der Waals surface area contributed by atoms with Gasteiger partial charge in [0.05, 0.1) is 0 Å². The van der Waals surface area contributed by atoms with Gasteiger partial charge in [0.2, 0.25) is 0 Å². The summed E-state index contributed by atoms with van der Waals surface area (Å²) in [5.41, 5.74) is 5.74. The van der Waals surface area contributed by atoms with Crippen molar-refractivity contribution in [2.24, 2.45) is 0 Å². The summed E-state index contributed by atoms with van der Waals surface area (Å²) < 4.78 is 6.80.